The third-order valence-electron chi connectivity index (χ3n) is 4.94. The third-order valence-corrected chi connectivity index (χ3v) is 6.08. The SMILES string of the molecule is COc1ccc(/C=C2\N=C(SCCOc3cccc(Cl)c3)N(c3cccc(OC)c3)C2=O)cc1. The molecule has 1 aliphatic heterocycles. The monoisotopic (exact) mass is 494 g/mol. The molecule has 0 atom stereocenters. The Balaban J connectivity index is 1.54. The first kappa shape index (κ1) is 23.7. The number of thioether (sulfide) groups is 1. The number of carbonyl (C=O) groups excluding carboxylic acids is 1. The zero-order valence-electron chi connectivity index (χ0n) is 18.7. The van der Waals surface area contributed by atoms with Crippen LogP contribution in [0, 0.1) is 0 Å². The first-order valence-electron chi connectivity index (χ1n) is 10.5. The summed E-state index contributed by atoms with van der Waals surface area (Å²) < 4.78 is 16.3. The van der Waals surface area contributed by atoms with Crippen LogP contribution in [0.2, 0.25) is 5.02 Å². The number of amidine groups is 1. The number of carbonyl (C=O) groups is 1. The summed E-state index contributed by atoms with van der Waals surface area (Å²) in [6.45, 7) is 0.432. The van der Waals surface area contributed by atoms with Crippen molar-refractivity contribution in [1.29, 1.82) is 0 Å². The number of anilines is 1. The van der Waals surface area contributed by atoms with Crippen molar-refractivity contribution in [3.8, 4) is 17.2 Å². The number of ether oxygens (including phenoxy) is 3. The lowest BCUT2D eigenvalue weighted by Gasteiger charge is -2.18. The van der Waals surface area contributed by atoms with Gasteiger partial charge in [0.1, 0.15) is 22.9 Å². The van der Waals surface area contributed by atoms with Crippen molar-refractivity contribution in [2.45, 2.75) is 0 Å². The number of rotatable bonds is 8. The van der Waals surface area contributed by atoms with E-state index in [0.29, 0.717) is 45.4 Å². The maximum absolute atomic E-state index is 13.4. The van der Waals surface area contributed by atoms with Crippen molar-refractivity contribution in [1.82, 2.24) is 0 Å². The number of hydrogen-bond donors (Lipinski definition) is 0. The average Bonchev–Trinajstić information content (AvgIpc) is 3.17. The molecule has 1 heterocycles. The fourth-order valence-corrected chi connectivity index (χ4v) is 4.29. The number of nitrogens with zero attached hydrogens (tertiary/aromatic N) is 2. The van der Waals surface area contributed by atoms with Crippen LogP contribution in [0.4, 0.5) is 5.69 Å². The van der Waals surface area contributed by atoms with Gasteiger partial charge in [0.2, 0.25) is 0 Å². The normalized spacial score (nSPS) is 14.3. The molecule has 0 bridgehead atoms. The first-order chi connectivity index (χ1) is 16.6. The number of benzene rings is 3. The highest BCUT2D eigenvalue weighted by Crippen LogP contribution is 2.31. The van der Waals surface area contributed by atoms with E-state index >= 15 is 0 Å². The number of aliphatic imine (C=N–C) groups is 1. The zero-order valence-corrected chi connectivity index (χ0v) is 20.3. The van der Waals surface area contributed by atoms with E-state index in [0.717, 1.165) is 11.3 Å². The third kappa shape index (κ3) is 5.73. The lowest BCUT2D eigenvalue weighted by Crippen LogP contribution is -2.30. The highest BCUT2D eigenvalue weighted by atomic mass is 35.5. The molecule has 3 aromatic carbocycles. The average molecular weight is 495 g/mol. The zero-order chi connectivity index (χ0) is 23.9. The Bertz CT molecular complexity index is 1230. The van der Waals surface area contributed by atoms with Crippen LogP contribution in [0.15, 0.2) is 83.5 Å². The molecule has 174 valence electrons. The van der Waals surface area contributed by atoms with Gasteiger partial charge in [-0.1, -0.05) is 47.6 Å². The highest BCUT2D eigenvalue weighted by Gasteiger charge is 2.32. The number of amides is 1. The fraction of sp³-hybridized carbons (Fsp3) is 0.154. The van der Waals surface area contributed by atoms with Crippen molar-refractivity contribution >= 4 is 46.2 Å². The molecule has 0 spiro atoms. The van der Waals surface area contributed by atoms with E-state index in [1.807, 2.05) is 60.7 Å². The van der Waals surface area contributed by atoms with E-state index in [-0.39, 0.29) is 5.91 Å². The highest BCUT2D eigenvalue weighted by molar-refractivity contribution is 8.14. The topological polar surface area (TPSA) is 60.4 Å². The summed E-state index contributed by atoms with van der Waals surface area (Å²) in [5.41, 5.74) is 1.89. The van der Waals surface area contributed by atoms with Gasteiger partial charge >= 0.3 is 0 Å². The van der Waals surface area contributed by atoms with Crippen molar-refractivity contribution in [2.24, 2.45) is 4.99 Å². The van der Waals surface area contributed by atoms with Crippen LogP contribution in [0.5, 0.6) is 17.2 Å². The molecule has 34 heavy (non-hydrogen) atoms. The minimum absolute atomic E-state index is 0.206. The van der Waals surface area contributed by atoms with E-state index in [9.17, 15) is 4.79 Å². The molecule has 3 aromatic rings. The summed E-state index contributed by atoms with van der Waals surface area (Å²) in [5.74, 6) is 2.49. The van der Waals surface area contributed by atoms with Gasteiger partial charge < -0.3 is 14.2 Å². The van der Waals surface area contributed by atoms with Crippen LogP contribution >= 0.6 is 23.4 Å². The molecule has 1 aliphatic rings. The molecule has 4 rings (SSSR count). The van der Waals surface area contributed by atoms with Crippen LogP contribution in [-0.4, -0.2) is 37.7 Å². The molecule has 0 N–H and O–H groups in total. The summed E-state index contributed by atoms with van der Waals surface area (Å²) in [6.07, 6.45) is 1.77. The molecule has 8 heteroatoms. The number of methoxy groups -OCH3 is 2. The summed E-state index contributed by atoms with van der Waals surface area (Å²) in [6, 6.07) is 22.1. The van der Waals surface area contributed by atoms with Crippen molar-refractivity contribution < 1.29 is 19.0 Å². The molecule has 0 radical (unpaired) electrons. The second kappa shape index (κ2) is 11.1. The Hall–Kier alpha value is -3.42. The van der Waals surface area contributed by atoms with Gasteiger partial charge in [-0.05, 0) is 54.1 Å². The van der Waals surface area contributed by atoms with Gasteiger partial charge in [-0.25, -0.2) is 4.99 Å². The minimum atomic E-state index is -0.206. The van der Waals surface area contributed by atoms with Crippen LogP contribution in [-0.2, 0) is 4.79 Å². The standard InChI is InChI=1S/C26H23ClN2O4S/c1-31-21-11-9-18(10-12-21)15-24-25(30)29(20-6-4-7-22(17-20)32-2)26(28-24)34-14-13-33-23-8-3-5-19(27)16-23/h3-12,15-17H,13-14H2,1-2H3/b24-15-. The molecule has 0 fully saturated rings. The smallest absolute Gasteiger partial charge is 0.283 e. The summed E-state index contributed by atoms with van der Waals surface area (Å²) >= 11 is 7.46. The van der Waals surface area contributed by atoms with Gasteiger partial charge in [0.25, 0.3) is 5.91 Å². The fourth-order valence-electron chi connectivity index (χ4n) is 3.28. The van der Waals surface area contributed by atoms with Gasteiger partial charge in [0.05, 0.1) is 26.5 Å². The Kier molecular flexibility index (Phi) is 7.77. The second-order valence-corrected chi connectivity index (χ2v) is 8.69. The molecule has 6 nitrogen and oxygen atoms in total. The van der Waals surface area contributed by atoms with Crippen molar-refractivity contribution in [3.63, 3.8) is 0 Å². The molecule has 0 aliphatic carbocycles. The molecule has 0 aromatic heterocycles. The molecule has 0 saturated carbocycles. The Morgan fingerprint density at radius 2 is 1.68 bits per heavy atom. The van der Waals surface area contributed by atoms with Gasteiger partial charge in [-0.2, -0.15) is 0 Å². The predicted molar refractivity (Wildman–Crippen MR) is 138 cm³/mol. The van der Waals surface area contributed by atoms with Gasteiger partial charge in [-0.3, -0.25) is 9.69 Å². The van der Waals surface area contributed by atoms with E-state index < -0.39 is 0 Å². The lowest BCUT2D eigenvalue weighted by molar-refractivity contribution is -0.113. The summed E-state index contributed by atoms with van der Waals surface area (Å²) in [5, 5.41) is 1.20. The predicted octanol–water partition coefficient (Wildman–Crippen LogP) is 5.91. The Labute approximate surface area is 207 Å². The minimum Gasteiger partial charge on any atom is -0.497 e. The van der Waals surface area contributed by atoms with Crippen molar-refractivity contribution in [3.05, 3.63) is 89.1 Å². The second-order valence-electron chi connectivity index (χ2n) is 7.19. The quantitative estimate of drug-likeness (QED) is 0.287. The van der Waals surface area contributed by atoms with Gasteiger partial charge in [-0.15, -0.1) is 0 Å². The number of hydrogen-bond acceptors (Lipinski definition) is 6. The Morgan fingerprint density at radius 1 is 0.941 bits per heavy atom. The van der Waals surface area contributed by atoms with Crippen LogP contribution in [0.3, 0.4) is 0 Å². The van der Waals surface area contributed by atoms with E-state index in [1.54, 1.807) is 37.3 Å². The summed E-state index contributed by atoms with van der Waals surface area (Å²) in [7, 11) is 3.21. The first-order valence-corrected chi connectivity index (χ1v) is 11.9. The van der Waals surface area contributed by atoms with Gasteiger partial charge in [0.15, 0.2) is 5.17 Å². The molecular weight excluding hydrogens is 472 g/mol. The van der Waals surface area contributed by atoms with Crippen molar-refractivity contribution in [2.75, 3.05) is 31.5 Å². The summed E-state index contributed by atoms with van der Waals surface area (Å²) in [4.78, 5) is 19.6. The van der Waals surface area contributed by atoms with E-state index in [1.165, 1.54) is 11.8 Å². The molecule has 0 unspecified atom stereocenters. The maximum atomic E-state index is 13.4. The molecular formula is C26H23ClN2O4S. The number of halogens is 1. The van der Waals surface area contributed by atoms with Crippen LogP contribution in [0.1, 0.15) is 5.56 Å². The van der Waals surface area contributed by atoms with E-state index in [2.05, 4.69) is 4.99 Å². The van der Waals surface area contributed by atoms with Crippen LogP contribution < -0.4 is 19.1 Å². The Morgan fingerprint density at radius 3 is 2.41 bits per heavy atom. The van der Waals surface area contributed by atoms with E-state index in [4.69, 9.17) is 25.8 Å². The maximum Gasteiger partial charge on any atom is 0.283 e. The van der Waals surface area contributed by atoms with Crippen LogP contribution in [0.25, 0.3) is 6.08 Å². The molecule has 0 saturated heterocycles. The van der Waals surface area contributed by atoms with Gasteiger partial charge in [0, 0.05) is 16.8 Å². The molecule has 1 amide bonds. The largest absolute Gasteiger partial charge is 0.497 e. The lowest BCUT2D eigenvalue weighted by atomic mass is 10.2.